The van der Waals surface area contributed by atoms with Gasteiger partial charge in [-0.2, -0.15) is 5.26 Å². The molecule has 0 bridgehead atoms. The maximum atomic E-state index is 12.4. The molecule has 1 amide bonds. The lowest BCUT2D eigenvalue weighted by Crippen LogP contribution is -2.39. The summed E-state index contributed by atoms with van der Waals surface area (Å²) < 4.78 is 0. The Morgan fingerprint density at radius 3 is 2.57 bits per heavy atom. The number of rotatable bonds is 5. The molecule has 0 aromatic heterocycles. The maximum Gasteiger partial charge on any atom is 0.241 e. The minimum Gasteiger partial charge on any atom is -0.324 e. The van der Waals surface area contributed by atoms with E-state index in [4.69, 9.17) is 5.26 Å². The average molecular weight is 307 g/mol. The summed E-state index contributed by atoms with van der Waals surface area (Å²) in [7, 11) is 1.92. The van der Waals surface area contributed by atoms with Crippen LogP contribution in [-0.4, -0.2) is 23.9 Å². The molecule has 0 fully saturated rings. The summed E-state index contributed by atoms with van der Waals surface area (Å²) in [6, 6.07) is 16.9. The molecule has 1 atom stereocenters. The molecule has 0 unspecified atom stereocenters. The van der Waals surface area contributed by atoms with Crippen molar-refractivity contribution < 1.29 is 4.79 Å². The van der Waals surface area contributed by atoms with E-state index in [2.05, 4.69) is 30.4 Å². The van der Waals surface area contributed by atoms with Gasteiger partial charge in [-0.3, -0.25) is 9.69 Å². The number of hydrogen-bond donors (Lipinski definition) is 1. The van der Waals surface area contributed by atoms with E-state index in [9.17, 15) is 4.79 Å². The topological polar surface area (TPSA) is 56.1 Å². The lowest BCUT2D eigenvalue weighted by Gasteiger charge is -2.24. The van der Waals surface area contributed by atoms with Crippen molar-refractivity contribution in [1.82, 2.24) is 4.90 Å². The molecule has 23 heavy (non-hydrogen) atoms. The molecule has 118 valence electrons. The number of aryl methyl sites for hydroxylation is 1. The molecule has 0 saturated carbocycles. The second kappa shape index (κ2) is 7.57. The van der Waals surface area contributed by atoms with Crippen LogP contribution in [0, 0.1) is 18.3 Å². The molecule has 4 nitrogen and oxygen atoms in total. The summed E-state index contributed by atoms with van der Waals surface area (Å²) in [5.41, 5.74) is 3.43. The first-order valence-corrected chi connectivity index (χ1v) is 7.57. The van der Waals surface area contributed by atoms with Crippen LogP contribution in [0.2, 0.25) is 0 Å². The highest BCUT2D eigenvalue weighted by molar-refractivity contribution is 5.95. The molecule has 2 aromatic carbocycles. The Bertz CT molecular complexity index is 733. The van der Waals surface area contributed by atoms with Gasteiger partial charge in [-0.1, -0.05) is 36.4 Å². The Labute approximate surface area is 137 Å². The van der Waals surface area contributed by atoms with Crippen molar-refractivity contribution >= 4 is 11.6 Å². The summed E-state index contributed by atoms with van der Waals surface area (Å²) in [6.07, 6.45) is 0. The second-order valence-corrected chi connectivity index (χ2v) is 5.66. The molecule has 0 aliphatic heterocycles. The van der Waals surface area contributed by atoms with E-state index >= 15 is 0 Å². The Balaban J connectivity index is 2.04. The van der Waals surface area contributed by atoms with E-state index in [0.717, 1.165) is 0 Å². The Morgan fingerprint density at radius 2 is 1.87 bits per heavy atom. The largest absolute Gasteiger partial charge is 0.324 e. The van der Waals surface area contributed by atoms with Gasteiger partial charge in [0.05, 0.1) is 17.3 Å². The second-order valence-electron chi connectivity index (χ2n) is 5.66. The fourth-order valence-electron chi connectivity index (χ4n) is 2.32. The van der Waals surface area contributed by atoms with Gasteiger partial charge in [0.1, 0.15) is 6.07 Å². The third-order valence-corrected chi connectivity index (χ3v) is 4.03. The number of amides is 1. The van der Waals surface area contributed by atoms with Gasteiger partial charge in [0.15, 0.2) is 0 Å². The molecule has 2 rings (SSSR count). The molecule has 0 radical (unpaired) electrons. The lowest BCUT2D eigenvalue weighted by atomic mass is 10.1. The van der Waals surface area contributed by atoms with Gasteiger partial charge in [-0.15, -0.1) is 0 Å². The van der Waals surface area contributed by atoms with Gasteiger partial charge >= 0.3 is 0 Å². The number of nitrogens with zero attached hydrogens (tertiary/aromatic N) is 2. The third-order valence-electron chi connectivity index (χ3n) is 4.03. The van der Waals surface area contributed by atoms with Gasteiger partial charge in [0.2, 0.25) is 5.91 Å². The average Bonchev–Trinajstić information content (AvgIpc) is 2.56. The standard InChI is InChI=1S/C19H21N3O/c1-14-8-4-5-10-17(14)13-22(3)15(2)19(23)21-18-11-7-6-9-16(18)12-20/h4-11,15H,13H2,1-3H3,(H,21,23)/t15-/m1/s1. The highest BCUT2D eigenvalue weighted by Gasteiger charge is 2.19. The first-order valence-electron chi connectivity index (χ1n) is 7.57. The Morgan fingerprint density at radius 1 is 1.22 bits per heavy atom. The van der Waals surface area contributed by atoms with Crippen molar-refractivity contribution in [3.05, 3.63) is 65.2 Å². The lowest BCUT2D eigenvalue weighted by molar-refractivity contribution is -0.120. The van der Waals surface area contributed by atoms with E-state index in [1.54, 1.807) is 24.3 Å². The number of carbonyl (C=O) groups excluding carboxylic acids is 1. The van der Waals surface area contributed by atoms with Crippen molar-refractivity contribution in [2.24, 2.45) is 0 Å². The van der Waals surface area contributed by atoms with Crippen LogP contribution in [0.25, 0.3) is 0 Å². The molecule has 4 heteroatoms. The Hall–Kier alpha value is -2.64. The maximum absolute atomic E-state index is 12.4. The predicted molar refractivity (Wildman–Crippen MR) is 91.9 cm³/mol. The minimum atomic E-state index is -0.304. The van der Waals surface area contributed by atoms with Gasteiger partial charge < -0.3 is 5.32 Å². The summed E-state index contributed by atoms with van der Waals surface area (Å²) in [6.45, 7) is 4.63. The first-order chi connectivity index (χ1) is 11.0. The molecule has 0 aliphatic carbocycles. The fraction of sp³-hybridized carbons (Fsp3) is 0.263. The van der Waals surface area contributed by atoms with Crippen LogP contribution >= 0.6 is 0 Å². The number of carbonyl (C=O) groups is 1. The molecule has 0 saturated heterocycles. The number of nitrogens with one attached hydrogen (secondary N) is 1. The van der Waals surface area contributed by atoms with Gasteiger partial charge in [-0.25, -0.2) is 0 Å². The smallest absolute Gasteiger partial charge is 0.241 e. The van der Waals surface area contributed by atoms with Crippen LogP contribution in [0.4, 0.5) is 5.69 Å². The van der Waals surface area contributed by atoms with Crippen molar-refractivity contribution in [3.8, 4) is 6.07 Å². The van der Waals surface area contributed by atoms with Gasteiger partial charge in [-0.05, 0) is 44.2 Å². The SMILES string of the molecule is Cc1ccccc1CN(C)[C@H](C)C(=O)Nc1ccccc1C#N. The number of likely N-dealkylation sites (N-methyl/N-ethyl adjacent to an activating group) is 1. The third kappa shape index (κ3) is 4.18. The van der Waals surface area contributed by atoms with Crippen molar-refractivity contribution in [2.75, 3.05) is 12.4 Å². The molecule has 0 spiro atoms. The number of benzene rings is 2. The molecular weight excluding hydrogens is 286 g/mol. The van der Waals surface area contributed by atoms with E-state index in [1.807, 2.05) is 31.0 Å². The molecule has 0 heterocycles. The quantitative estimate of drug-likeness (QED) is 0.922. The molecule has 2 aromatic rings. The monoisotopic (exact) mass is 307 g/mol. The van der Waals surface area contributed by atoms with Crippen LogP contribution in [0.3, 0.4) is 0 Å². The van der Waals surface area contributed by atoms with Crippen molar-refractivity contribution in [3.63, 3.8) is 0 Å². The number of para-hydroxylation sites is 1. The van der Waals surface area contributed by atoms with E-state index in [0.29, 0.717) is 17.8 Å². The fourth-order valence-corrected chi connectivity index (χ4v) is 2.32. The normalized spacial score (nSPS) is 11.8. The summed E-state index contributed by atoms with van der Waals surface area (Å²) in [4.78, 5) is 14.4. The van der Waals surface area contributed by atoms with E-state index in [-0.39, 0.29) is 11.9 Å². The minimum absolute atomic E-state index is 0.121. The summed E-state index contributed by atoms with van der Waals surface area (Å²) >= 11 is 0. The highest BCUT2D eigenvalue weighted by atomic mass is 16.2. The van der Waals surface area contributed by atoms with Crippen molar-refractivity contribution in [2.45, 2.75) is 26.4 Å². The molecular formula is C19H21N3O. The molecule has 0 aliphatic rings. The summed E-state index contributed by atoms with van der Waals surface area (Å²) in [5.74, 6) is -0.121. The molecule has 1 N–H and O–H groups in total. The van der Waals surface area contributed by atoms with Crippen LogP contribution < -0.4 is 5.32 Å². The van der Waals surface area contributed by atoms with E-state index in [1.165, 1.54) is 11.1 Å². The Kier molecular flexibility index (Phi) is 5.51. The zero-order valence-corrected chi connectivity index (χ0v) is 13.7. The predicted octanol–water partition coefficient (Wildman–Crippen LogP) is 3.33. The van der Waals surface area contributed by atoms with Crippen LogP contribution in [0.15, 0.2) is 48.5 Å². The number of nitriles is 1. The zero-order chi connectivity index (χ0) is 16.8. The van der Waals surface area contributed by atoms with Gasteiger partial charge in [0, 0.05) is 6.54 Å². The first kappa shape index (κ1) is 16.7. The summed E-state index contributed by atoms with van der Waals surface area (Å²) in [5, 5.41) is 11.9. The highest BCUT2D eigenvalue weighted by Crippen LogP contribution is 2.16. The van der Waals surface area contributed by atoms with Crippen molar-refractivity contribution in [1.29, 1.82) is 5.26 Å². The number of anilines is 1. The van der Waals surface area contributed by atoms with Gasteiger partial charge in [0.25, 0.3) is 0 Å². The number of hydrogen-bond acceptors (Lipinski definition) is 3. The van der Waals surface area contributed by atoms with E-state index < -0.39 is 0 Å². The van der Waals surface area contributed by atoms with Crippen LogP contribution in [0.5, 0.6) is 0 Å². The zero-order valence-electron chi connectivity index (χ0n) is 13.7. The van der Waals surface area contributed by atoms with Crippen LogP contribution in [0.1, 0.15) is 23.6 Å². The van der Waals surface area contributed by atoms with Crippen LogP contribution in [-0.2, 0) is 11.3 Å².